The Labute approximate surface area is 167 Å². The minimum Gasteiger partial charge on any atom is -0.375 e. The van der Waals surface area contributed by atoms with Crippen LogP contribution in [0.4, 0.5) is 4.39 Å². The number of hydrogen-bond acceptors (Lipinski definition) is 3. The molecule has 1 aliphatic heterocycles. The average molecular weight is 389 g/mol. The lowest BCUT2D eigenvalue weighted by Gasteiger charge is -2.42. The van der Waals surface area contributed by atoms with Crippen LogP contribution in [0.2, 0.25) is 0 Å². The fourth-order valence-corrected chi connectivity index (χ4v) is 4.21. The molecular weight excluding hydrogens is 355 g/mol. The molecule has 5 heteroatoms. The fraction of sp³-hybridized carbons (Fsp3) is 0.609. The van der Waals surface area contributed by atoms with Crippen LogP contribution in [0.5, 0.6) is 0 Å². The highest BCUT2D eigenvalue weighted by atomic mass is 19.1. The van der Waals surface area contributed by atoms with Crippen LogP contribution >= 0.6 is 0 Å². The van der Waals surface area contributed by atoms with Gasteiger partial charge in [0.25, 0.3) is 5.91 Å². The number of nitrogens with zero attached hydrogens (tertiary/aromatic N) is 1. The normalized spacial score (nSPS) is 20.9. The molecule has 1 saturated carbocycles. The second-order valence-corrected chi connectivity index (χ2v) is 8.56. The number of carbonyl (C=O) groups is 1. The standard InChI is InChI=1S/C23H33FN2O2/c1-17(2)5-4-14-26-15-12-21(13-16-26)25-22(27)23(28,18-6-3-7-18)19-8-10-20(24)11-9-19/h5,8-11,18,21,28H,3-4,6-7,12-16H2,1-2H3,(H,25,27). The Morgan fingerprint density at radius 2 is 1.86 bits per heavy atom. The molecule has 0 spiro atoms. The summed E-state index contributed by atoms with van der Waals surface area (Å²) >= 11 is 0. The van der Waals surface area contributed by atoms with Crippen LogP contribution in [0.1, 0.15) is 57.9 Å². The Kier molecular flexibility index (Phi) is 6.89. The maximum absolute atomic E-state index is 13.3. The molecule has 1 aromatic carbocycles. The maximum atomic E-state index is 13.3. The first-order chi connectivity index (χ1) is 13.4. The summed E-state index contributed by atoms with van der Waals surface area (Å²) in [5.74, 6) is -0.783. The van der Waals surface area contributed by atoms with Crippen LogP contribution in [0.15, 0.2) is 35.9 Å². The van der Waals surface area contributed by atoms with Crippen molar-refractivity contribution in [2.24, 2.45) is 5.92 Å². The van der Waals surface area contributed by atoms with Gasteiger partial charge in [0.1, 0.15) is 5.82 Å². The smallest absolute Gasteiger partial charge is 0.257 e. The highest BCUT2D eigenvalue weighted by molar-refractivity contribution is 5.87. The molecule has 154 valence electrons. The first-order valence-corrected chi connectivity index (χ1v) is 10.5. The molecule has 0 aromatic heterocycles. The van der Waals surface area contributed by atoms with E-state index in [1.165, 1.54) is 17.7 Å². The van der Waals surface area contributed by atoms with Gasteiger partial charge in [-0.05, 0) is 63.6 Å². The van der Waals surface area contributed by atoms with Gasteiger partial charge >= 0.3 is 0 Å². The third-order valence-corrected chi connectivity index (χ3v) is 6.25. The van der Waals surface area contributed by atoms with Crippen LogP contribution in [-0.2, 0) is 10.4 Å². The highest BCUT2D eigenvalue weighted by Gasteiger charge is 2.48. The predicted octanol–water partition coefficient (Wildman–Crippen LogP) is 3.75. The Morgan fingerprint density at radius 3 is 2.39 bits per heavy atom. The third kappa shape index (κ3) is 4.81. The van der Waals surface area contributed by atoms with Crippen molar-refractivity contribution in [3.63, 3.8) is 0 Å². The van der Waals surface area contributed by atoms with Crippen molar-refractivity contribution >= 4 is 5.91 Å². The van der Waals surface area contributed by atoms with Crippen LogP contribution in [-0.4, -0.2) is 41.6 Å². The molecule has 0 bridgehead atoms. The van der Waals surface area contributed by atoms with E-state index in [4.69, 9.17) is 0 Å². The van der Waals surface area contributed by atoms with E-state index in [9.17, 15) is 14.3 Å². The molecule has 2 fully saturated rings. The van der Waals surface area contributed by atoms with Crippen LogP contribution in [0.3, 0.4) is 0 Å². The number of likely N-dealkylation sites (tertiary alicyclic amines) is 1. The van der Waals surface area contributed by atoms with Gasteiger partial charge in [-0.1, -0.05) is 30.2 Å². The zero-order chi connectivity index (χ0) is 20.1. The van der Waals surface area contributed by atoms with Gasteiger partial charge < -0.3 is 15.3 Å². The zero-order valence-electron chi connectivity index (χ0n) is 17.1. The molecule has 1 atom stereocenters. The monoisotopic (exact) mass is 388 g/mol. The van der Waals surface area contributed by atoms with E-state index in [0.717, 1.165) is 58.2 Å². The molecule has 3 rings (SSSR count). The Hall–Kier alpha value is -1.72. The van der Waals surface area contributed by atoms with Gasteiger partial charge in [0, 0.05) is 31.6 Å². The molecule has 28 heavy (non-hydrogen) atoms. The number of benzene rings is 1. The van der Waals surface area contributed by atoms with Gasteiger partial charge in [-0.15, -0.1) is 0 Å². The minimum absolute atomic E-state index is 0.0826. The van der Waals surface area contributed by atoms with E-state index in [2.05, 4.69) is 30.1 Å². The summed E-state index contributed by atoms with van der Waals surface area (Å²) < 4.78 is 13.3. The topological polar surface area (TPSA) is 52.6 Å². The largest absolute Gasteiger partial charge is 0.375 e. The van der Waals surface area contributed by atoms with E-state index >= 15 is 0 Å². The second-order valence-electron chi connectivity index (χ2n) is 8.56. The number of amides is 1. The fourth-order valence-electron chi connectivity index (χ4n) is 4.21. The quantitative estimate of drug-likeness (QED) is 0.700. The number of rotatable bonds is 7. The van der Waals surface area contributed by atoms with Gasteiger partial charge in [0.15, 0.2) is 5.60 Å². The maximum Gasteiger partial charge on any atom is 0.257 e. The average Bonchev–Trinajstić information content (AvgIpc) is 2.61. The summed E-state index contributed by atoms with van der Waals surface area (Å²) in [4.78, 5) is 15.5. The highest BCUT2D eigenvalue weighted by Crippen LogP contribution is 2.43. The number of hydrogen-bond donors (Lipinski definition) is 2. The molecule has 2 aliphatic rings. The molecular formula is C23H33FN2O2. The van der Waals surface area contributed by atoms with Gasteiger partial charge in [0.2, 0.25) is 0 Å². The van der Waals surface area contributed by atoms with Crippen molar-refractivity contribution in [2.45, 2.75) is 64.0 Å². The first-order valence-electron chi connectivity index (χ1n) is 10.5. The van der Waals surface area contributed by atoms with E-state index in [0.29, 0.717) is 5.56 Å². The molecule has 2 N–H and O–H groups in total. The van der Waals surface area contributed by atoms with E-state index < -0.39 is 5.60 Å². The Balaban J connectivity index is 1.59. The number of allylic oxidation sites excluding steroid dienone is 1. The molecule has 1 saturated heterocycles. The first kappa shape index (κ1) is 21.0. The zero-order valence-corrected chi connectivity index (χ0v) is 17.1. The van der Waals surface area contributed by atoms with E-state index in [-0.39, 0.29) is 23.7 Å². The number of halogens is 1. The van der Waals surface area contributed by atoms with Crippen molar-refractivity contribution < 1.29 is 14.3 Å². The lowest BCUT2D eigenvalue weighted by atomic mass is 9.69. The summed E-state index contributed by atoms with van der Waals surface area (Å²) in [5.41, 5.74) is 0.278. The van der Waals surface area contributed by atoms with Gasteiger partial charge in [0.05, 0.1) is 0 Å². The van der Waals surface area contributed by atoms with E-state index in [1.807, 2.05) is 0 Å². The van der Waals surface area contributed by atoms with Crippen molar-refractivity contribution in [3.05, 3.63) is 47.3 Å². The van der Waals surface area contributed by atoms with Crippen LogP contribution in [0.25, 0.3) is 0 Å². The van der Waals surface area contributed by atoms with Crippen molar-refractivity contribution in [1.82, 2.24) is 10.2 Å². The van der Waals surface area contributed by atoms with Gasteiger partial charge in [-0.2, -0.15) is 0 Å². The summed E-state index contributed by atoms with van der Waals surface area (Å²) in [7, 11) is 0. The molecule has 1 heterocycles. The summed E-state index contributed by atoms with van der Waals surface area (Å²) in [5, 5.41) is 14.5. The lowest BCUT2D eigenvalue weighted by Crippen LogP contribution is -2.55. The third-order valence-electron chi connectivity index (χ3n) is 6.25. The predicted molar refractivity (Wildman–Crippen MR) is 109 cm³/mol. The number of aliphatic hydroxyl groups is 1. The summed E-state index contributed by atoms with van der Waals surface area (Å²) in [6.07, 6.45) is 7.77. The SMILES string of the molecule is CC(C)=CCCN1CCC(NC(=O)C(O)(c2ccc(F)cc2)C2CCC2)CC1. The van der Waals surface area contributed by atoms with Crippen molar-refractivity contribution in [1.29, 1.82) is 0 Å². The molecule has 0 radical (unpaired) electrons. The molecule has 1 amide bonds. The van der Waals surface area contributed by atoms with Crippen molar-refractivity contribution in [2.75, 3.05) is 19.6 Å². The summed E-state index contributed by atoms with van der Waals surface area (Å²) in [6.45, 7) is 7.20. The Morgan fingerprint density at radius 1 is 1.21 bits per heavy atom. The minimum atomic E-state index is -1.56. The van der Waals surface area contributed by atoms with Gasteiger partial charge in [-0.3, -0.25) is 4.79 Å². The van der Waals surface area contributed by atoms with Crippen molar-refractivity contribution in [3.8, 4) is 0 Å². The van der Waals surface area contributed by atoms with E-state index in [1.54, 1.807) is 12.1 Å². The number of nitrogens with one attached hydrogen (secondary N) is 1. The molecule has 1 aliphatic carbocycles. The Bertz CT molecular complexity index is 687. The lowest BCUT2D eigenvalue weighted by molar-refractivity contribution is -0.153. The number of carbonyl (C=O) groups excluding carboxylic acids is 1. The van der Waals surface area contributed by atoms with Crippen LogP contribution < -0.4 is 5.32 Å². The summed E-state index contributed by atoms with van der Waals surface area (Å²) in [6, 6.07) is 5.80. The molecule has 1 aromatic rings. The van der Waals surface area contributed by atoms with Gasteiger partial charge in [-0.25, -0.2) is 4.39 Å². The molecule has 1 unspecified atom stereocenters. The number of piperidine rings is 1. The molecule has 4 nitrogen and oxygen atoms in total. The second kappa shape index (κ2) is 9.19. The van der Waals surface area contributed by atoms with Crippen LogP contribution in [0, 0.1) is 11.7 Å².